The first kappa shape index (κ1) is 19.9. The third-order valence-electron chi connectivity index (χ3n) is 3.28. The first-order chi connectivity index (χ1) is 10.1. The van der Waals surface area contributed by atoms with Crippen LogP contribution < -0.4 is 5.32 Å². The Labute approximate surface area is 127 Å². The number of amides is 1. The second kappa shape index (κ2) is 13.8. The molecule has 0 saturated heterocycles. The molecule has 0 unspecified atom stereocenters. The molecule has 0 rings (SSSR count). The summed E-state index contributed by atoms with van der Waals surface area (Å²) in [6.07, 6.45) is 6.69. The highest BCUT2D eigenvalue weighted by atomic mass is 16.4. The smallest absolute Gasteiger partial charge is 0.304 e. The number of aliphatic hydroxyl groups is 1. The summed E-state index contributed by atoms with van der Waals surface area (Å²) < 4.78 is 0. The molecule has 0 radical (unpaired) electrons. The largest absolute Gasteiger partial charge is 0.481 e. The lowest BCUT2D eigenvalue weighted by Crippen LogP contribution is -2.39. The Morgan fingerprint density at radius 1 is 1.00 bits per heavy atom. The number of unbranched alkanes of at least 4 members (excludes halogenated alkanes) is 4. The van der Waals surface area contributed by atoms with Crippen LogP contribution in [-0.2, 0) is 9.59 Å². The standard InChI is InChI=1S/C15H30N2O4/c1-2-3-4-5-6-8-14(19)16-13-17(10-7-12-18)11-9-15(20)21/h18H,2-13H2,1H3,(H,16,19)(H,20,21). The summed E-state index contributed by atoms with van der Waals surface area (Å²) in [6, 6.07) is 0. The van der Waals surface area contributed by atoms with E-state index in [9.17, 15) is 9.59 Å². The zero-order valence-corrected chi connectivity index (χ0v) is 13.1. The average Bonchev–Trinajstić information content (AvgIpc) is 2.46. The van der Waals surface area contributed by atoms with Crippen LogP contribution in [0.3, 0.4) is 0 Å². The molecule has 0 aliphatic rings. The molecule has 0 heterocycles. The van der Waals surface area contributed by atoms with E-state index in [0.29, 0.717) is 32.6 Å². The van der Waals surface area contributed by atoms with Gasteiger partial charge in [0.15, 0.2) is 0 Å². The second-order valence-electron chi connectivity index (χ2n) is 5.26. The molecular formula is C15H30N2O4. The SMILES string of the molecule is CCCCCCCC(=O)NCN(CCCO)CCC(=O)O. The molecule has 0 saturated carbocycles. The van der Waals surface area contributed by atoms with Crippen LogP contribution in [0.5, 0.6) is 0 Å². The van der Waals surface area contributed by atoms with Crippen molar-refractivity contribution in [1.82, 2.24) is 10.2 Å². The van der Waals surface area contributed by atoms with Crippen LogP contribution in [0.2, 0.25) is 0 Å². The molecule has 0 aromatic carbocycles. The van der Waals surface area contributed by atoms with Gasteiger partial charge in [-0.2, -0.15) is 0 Å². The molecular weight excluding hydrogens is 272 g/mol. The number of carboxylic acid groups (broad SMARTS) is 1. The molecule has 0 bridgehead atoms. The normalized spacial score (nSPS) is 10.8. The number of rotatable bonds is 14. The van der Waals surface area contributed by atoms with Crippen molar-refractivity contribution in [1.29, 1.82) is 0 Å². The first-order valence-corrected chi connectivity index (χ1v) is 7.91. The molecule has 0 aliphatic heterocycles. The van der Waals surface area contributed by atoms with Crippen molar-refractivity contribution >= 4 is 11.9 Å². The number of hydrogen-bond acceptors (Lipinski definition) is 4. The van der Waals surface area contributed by atoms with Crippen molar-refractivity contribution < 1.29 is 19.8 Å². The van der Waals surface area contributed by atoms with E-state index in [1.54, 1.807) is 0 Å². The number of carbonyl (C=O) groups is 2. The number of carboxylic acids is 1. The monoisotopic (exact) mass is 302 g/mol. The lowest BCUT2D eigenvalue weighted by Gasteiger charge is -2.21. The summed E-state index contributed by atoms with van der Waals surface area (Å²) in [5.41, 5.74) is 0. The Bertz CT molecular complexity index is 285. The summed E-state index contributed by atoms with van der Waals surface area (Å²) in [4.78, 5) is 24.1. The van der Waals surface area contributed by atoms with Crippen LogP contribution in [0, 0.1) is 0 Å². The van der Waals surface area contributed by atoms with Gasteiger partial charge in [0.1, 0.15) is 0 Å². The minimum atomic E-state index is -0.855. The molecule has 6 heteroatoms. The molecule has 0 fully saturated rings. The van der Waals surface area contributed by atoms with Gasteiger partial charge in [-0.3, -0.25) is 14.5 Å². The molecule has 1 amide bonds. The zero-order chi connectivity index (χ0) is 15.9. The Kier molecular flexibility index (Phi) is 13.1. The van der Waals surface area contributed by atoms with E-state index in [1.165, 1.54) is 19.3 Å². The van der Waals surface area contributed by atoms with Crippen LogP contribution >= 0.6 is 0 Å². The predicted molar refractivity (Wildman–Crippen MR) is 81.9 cm³/mol. The van der Waals surface area contributed by atoms with E-state index < -0.39 is 5.97 Å². The lowest BCUT2D eigenvalue weighted by atomic mass is 10.1. The van der Waals surface area contributed by atoms with Gasteiger partial charge in [0.05, 0.1) is 13.1 Å². The molecule has 0 spiro atoms. The average molecular weight is 302 g/mol. The Morgan fingerprint density at radius 3 is 2.33 bits per heavy atom. The van der Waals surface area contributed by atoms with E-state index in [-0.39, 0.29) is 18.9 Å². The van der Waals surface area contributed by atoms with Gasteiger partial charge in [0.2, 0.25) is 5.91 Å². The van der Waals surface area contributed by atoms with E-state index in [4.69, 9.17) is 10.2 Å². The Balaban J connectivity index is 3.81. The molecule has 0 aliphatic carbocycles. The summed E-state index contributed by atoms with van der Waals surface area (Å²) in [6.45, 7) is 3.54. The fourth-order valence-corrected chi connectivity index (χ4v) is 2.00. The van der Waals surface area contributed by atoms with Crippen molar-refractivity contribution in [3.05, 3.63) is 0 Å². The number of nitrogens with zero attached hydrogens (tertiary/aromatic N) is 1. The summed E-state index contributed by atoms with van der Waals surface area (Å²) >= 11 is 0. The van der Waals surface area contributed by atoms with Gasteiger partial charge < -0.3 is 15.5 Å². The van der Waals surface area contributed by atoms with Gasteiger partial charge in [0, 0.05) is 26.1 Å². The Morgan fingerprint density at radius 2 is 1.71 bits per heavy atom. The minimum absolute atomic E-state index is 0.0100. The predicted octanol–water partition coefficient (Wildman–Crippen LogP) is 1.58. The highest BCUT2D eigenvalue weighted by molar-refractivity contribution is 5.75. The van der Waals surface area contributed by atoms with Crippen LogP contribution in [0.1, 0.15) is 58.3 Å². The zero-order valence-electron chi connectivity index (χ0n) is 13.1. The van der Waals surface area contributed by atoms with Crippen molar-refractivity contribution in [3.63, 3.8) is 0 Å². The van der Waals surface area contributed by atoms with E-state index in [0.717, 1.165) is 12.8 Å². The number of nitrogens with one attached hydrogen (secondary N) is 1. The third-order valence-corrected chi connectivity index (χ3v) is 3.28. The number of aliphatic hydroxyl groups excluding tert-OH is 1. The first-order valence-electron chi connectivity index (χ1n) is 7.91. The molecule has 0 atom stereocenters. The molecule has 3 N–H and O–H groups in total. The van der Waals surface area contributed by atoms with Crippen molar-refractivity contribution in [2.45, 2.75) is 58.3 Å². The summed E-state index contributed by atoms with van der Waals surface area (Å²) in [5, 5.41) is 20.3. The number of hydrogen-bond donors (Lipinski definition) is 3. The summed E-state index contributed by atoms with van der Waals surface area (Å²) in [5.74, 6) is -0.845. The van der Waals surface area contributed by atoms with Crippen molar-refractivity contribution in [3.8, 4) is 0 Å². The Hall–Kier alpha value is -1.14. The maximum absolute atomic E-state index is 11.7. The maximum atomic E-state index is 11.7. The molecule has 124 valence electrons. The summed E-state index contributed by atoms with van der Waals surface area (Å²) in [7, 11) is 0. The lowest BCUT2D eigenvalue weighted by molar-refractivity contribution is -0.137. The van der Waals surface area contributed by atoms with Gasteiger partial charge >= 0.3 is 5.97 Å². The van der Waals surface area contributed by atoms with Gasteiger partial charge in [0.25, 0.3) is 0 Å². The third kappa shape index (κ3) is 13.6. The van der Waals surface area contributed by atoms with Gasteiger partial charge in [-0.25, -0.2) is 0 Å². The molecule has 6 nitrogen and oxygen atoms in total. The van der Waals surface area contributed by atoms with Crippen molar-refractivity contribution in [2.75, 3.05) is 26.4 Å². The second-order valence-corrected chi connectivity index (χ2v) is 5.26. The van der Waals surface area contributed by atoms with E-state index in [2.05, 4.69) is 12.2 Å². The van der Waals surface area contributed by atoms with Crippen LogP contribution in [-0.4, -0.2) is 53.4 Å². The topological polar surface area (TPSA) is 89.9 Å². The molecule has 21 heavy (non-hydrogen) atoms. The molecule has 0 aromatic rings. The van der Waals surface area contributed by atoms with Gasteiger partial charge in [-0.1, -0.05) is 32.6 Å². The number of carbonyl (C=O) groups excluding carboxylic acids is 1. The maximum Gasteiger partial charge on any atom is 0.304 e. The van der Waals surface area contributed by atoms with E-state index in [1.807, 2.05) is 4.90 Å². The molecule has 0 aromatic heterocycles. The van der Waals surface area contributed by atoms with Crippen LogP contribution in [0.4, 0.5) is 0 Å². The fourth-order valence-electron chi connectivity index (χ4n) is 2.00. The van der Waals surface area contributed by atoms with Crippen LogP contribution in [0.25, 0.3) is 0 Å². The van der Waals surface area contributed by atoms with Crippen LogP contribution in [0.15, 0.2) is 0 Å². The van der Waals surface area contributed by atoms with Gasteiger partial charge in [-0.15, -0.1) is 0 Å². The minimum Gasteiger partial charge on any atom is -0.481 e. The number of aliphatic carboxylic acids is 1. The van der Waals surface area contributed by atoms with E-state index >= 15 is 0 Å². The fraction of sp³-hybridized carbons (Fsp3) is 0.867. The van der Waals surface area contributed by atoms with Crippen molar-refractivity contribution in [2.24, 2.45) is 0 Å². The highest BCUT2D eigenvalue weighted by Gasteiger charge is 2.09. The van der Waals surface area contributed by atoms with Gasteiger partial charge in [-0.05, 0) is 12.8 Å². The quantitative estimate of drug-likeness (QED) is 0.335. The highest BCUT2D eigenvalue weighted by Crippen LogP contribution is 2.04.